The predicted molar refractivity (Wildman–Crippen MR) is 59.1 cm³/mol. The summed E-state index contributed by atoms with van der Waals surface area (Å²) in [5, 5.41) is 0. The third kappa shape index (κ3) is 1.47. The van der Waals surface area contributed by atoms with Crippen LogP contribution in [0.4, 0.5) is 0 Å². The summed E-state index contributed by atoms with van der Waals surface area (Å²) in [5.74, 6) is 1.83. The van der Waals surface area contributed by atoms with Crippen molar-refractivity contribution in [2.24, 2.45) is 0 Å². The van der Waals surface area contributed by atoms with Gasteiger partial charge in [-0.2, -0.15) is 0 Å². The number of carbonyl (C=O) groups excluding carboxylic acids is 1. The number of rotatable bonds is 1. The first-order valence-corrected chi connectivity index (χ1v) is 5.78. The molecule has 0 N–H and O–H groups in total. The average molecular weight is 218 g/mol. The van der Waals surface area contributed by atoms with Crippen molar-refractivity contribution in [3.63, 3.8) is 0 Å². The molecule has 0 spiro atoms. The van der Waals surface area contributed by atoms with Crippen LogP contribution in [0.1, 0.15) is 24.0 Å². The highest BCUT2D eigenvalue weighted by Gasteiger charge is 2.25. The molecule has 1 aromatic rings. The van der Waals surface area contributed by atoms with E-state index in [2.05, 4.69) is 6.07 Å². The van der Waals surface area contributed by atoms with Crippen molar-refractivity contribution >= 4 is 6.29 Å². The first-order chi connectivity index (χ1) is 7.88. The third-order valence-corrected chi connectivity index (χ3v) is 3.25. The minimum Gasteiger partial charge on any atom is -0.493 e. The molecule has 0 fully saturated rings. The van der Waals surface area contributed by atoms with Gasteiger partial charge >= 0.3 is 0 Å². The highest BCUT2D eigenvalue weighted by atomic mass is 16.5. The van der Waals surface area contributed by atoms with Crippen LogP contribution in [0.15, 0.2) is 12.1 Å². The number of aryl methyl sites for hydroxylation is 1. The zero-order valence-electron chi connectivity index (χ0n) is 9.07. The summed E-state index contributed by atoms with van der Waals surface area (Å²) in [7, 11) is 0. The Balaban J connectivity index is 2.04. The van der Waals surface area contributed by atoms with E-state index < -0.39 is 0 Å². The van der Waals surface area contributed by atoms with Crippen LogP contribution in [0, 0.1) is 0 Å². The van der Waals surface area contributed by atoms with Crippen molar-refractivity contribution < 1.29 is 14.3 Å². The van der Waals surface area contributed by atoms with E-state index in [9.17, 15) is 4.79 Å². The Morgan fingerprint density at radius 2 is 2.25 bits per heavy atom. The molecule has 3 heteroatoms. The van der Waals surface area contributed by atoms with Gasteiger partial charge in [0.05, 0.1) is 6.61 Å². The summed E-state index contributed by atoms with van der Waals surface area (Å²) in [6.45, 7) is 0.781. The summed E-state index contributed by atoms with van der Waals surface area (Å²) >= 11 is 0. The zero-order valence-corrected chi connectivity index (χ0v) is 9.07. The van der Waals surface area contributed by atoms with E-state index in [1.807, 2.05) is 6.07 Å². The molecule has 1 unspecified atom stereocenters. The predicted octanol–water partition coefficient (Wildman–Crippen LogP) is 1.90. The highest BCUT2D eigenvalue weighted by molar-refractivity contribution is 5.60. The molecule has 0 amide bonds. The van der Waals surface area contributed by atoms with Gasteiger partial charge in [-0.1, -0.05) is 6.07 Å². The Bertz CT molecular complexity index is 425. The number of fused-ring (bicyclic) bond motifs is 3. The quantitative estimate of drug-likeness (QED) is 0.675. The second-order valence-corrected chi connectivity index (χ2v) is 4.31. The maximum atomic E-state index is 10.8. The van der Waals surface area contributed by atoms with Crippen LogP contribution in [0.2, 0.25) is 0 Å². The molecule has 1 aromatic carbocycles. The topological polar surface area (TPSA) is 35.5 Å². The molecule has 3 rings (SSSR count). The van der Waals surface area contributed by atoms with E-state index >= 15 is 0 Å². The van der Waals surface area contributed by atoms with Crippen LogP contribution >= 0.6 is 0 Å². The summed E-state index contributed by atoms with van der Waals surface area (Å²) in [6, 6.07) is 4.08. The number of benzene rings is 1. The molecule has 0 saturated heterocycles. The molecule has 0 radical (unpaired) electrons. The van der Waals surface area contributed by atoms with Crippen molar-refractivity contribution in [3.05, 3.63) is 23.3 Å². The van der Waals surface area contributed by atoms with Gasteiger partial charge in [0.25, 0.3) is 0 Å². The molecule has 84 valence electrons. The Hall–Kier alpha value is -1.51. The van der Waals surface area contributed by atoms with Crippen LogP contribution in [0.3, 0.4) is 0 Å². The summed E-state index contributed by atoms with van der Waals surface area (Å²) in [4.78, 5) is 10.8. The minimum atomic E-state index is -0.277. The summed E-state index contributed by atoms with van der Waals surface area (Å²) in [5.41, 5.74) is 2.36. The SMILES string of the molecule is O=CC1CCc2ccc3c(c2O1)CCCO3. The van der Waals surface area contributed by atoms with Gasteiger partial charge in [0.1, 0.15) is 11.5 Å². The van der Waals surface area contributed by atoms with Gasteiger partial charge < -0.3 is 9.47 Å². The molecule has 3 nitrogen and oxygen atoms in total. The lowest BCUT2D eigenvalue weighted by molar-refractivity contribution is -0.114. The maximum absolute atomic E-state index is 10.8. The molecule has 0 aromatic heterocycles. The van der Waals surface area contributed by atoms with Gasteiger partial charge in [-0.05, 0) is 37.3 Å². The monoisotopic (exact) mass is 218 g/mol. The average Bonchev–Trinajstić information content (AvgIpc) is 2.38. The smallest absolute Gasteiger partial charge is 0.160 e. The van der Waals surface area contributed by atoms with Gasteiger partial charge in [0.15, 0.2) is 12.4 Å². The summed E-state index contributed by atoms with van der Waals surface area (Å²) < 4.78 is 11.3. The van der Waals surface area contributed by atoms with E-state index in [1.165, 1.54) is 5.56 Å². The Kier molecular flexibility index (Phi) is 2.31. The highest BCUT2D eigenvalue weighted by Crippen LogP contribution is 2.39. The molecule has 0 aliphatic carbocycles. The fourth-order valence-corrected chi connectivity index (χ4v) is 2.41. The van der Waals surface area contributed by atoms with Crippen molar-refractivity contribution in [2.45, 2.75) is 31.8 Å². The van der Waals surface area contributed by atoms with E-state index in [0.717, 1.165) is 55.6 Å². The second-order valence-electron chi connectivity index (χ2n) is 4.31. The molecule has 2 heterocycles. The molecule has 2 aliphatic heterocycles. The lowest BCUT2D eigenvalue weighted by Crippen LogP contribution is -2.25. The zero-order chi connectivity index (χ0) is 11.0. The van der Waals surface area contributed by atoms with E-state index in [4.69, 9.17) is 9.47 Å². The van der Waals surface area contributed by atoms with Crippen molar-refractivity contribution in [2.75, 3.05) is 6.61 Å². The van der Waals surface area contributed by atoms with E-state index in [-0.39, 0.29) is 6.10 Å². The normalized spacial score (nSPS) is 22.4. The van der Waals surface area contributed by atoms with E-state index in [1.54, 1.807) is 0 Å². The lowest BCUT2D eigenvalue weighted by Gasteiger charge is -2.28. The van der Waals surface area contributed by atoms with Crippen LogP contribution in [0.5, 0.6) is 11.5 Å². The van der Waals surface area contributed by atoms with Crippen LogP contribution in [0.25, 0.3) is 0 Å². The number of ether oxygens (including phenoxy) is 2. The number of hydrogen-bond acceptors (Lipinski definition) is 3. The van der Waals surface area contributed by atoms with Crippen LogP contribution < -0.4 is 9.47 Å². The molecule has 2 aliphatic rings. The van der Waals surface area contributed by atoms with Gasteiger partial charge in [-0.25, -0.2) is 0 Å². The van der Waals surface area contributed by atoms with Crippen LogP contribution in [-0.2, 0) is 17.6 Å². The van der Waals surface area contributed by atoms with Gasteiger partial charge in [0.2, 0.25) is 0 Å². The first-order valence-electron chi connectivity index (χ1n) is 5.78. The minimum absolute atomic E-state index is 0.277. The second kappa shape index (κ2) is 3.81. The van der Waals surface area contributed by atoms with E-state index in [0.29, 0.717) is 0 Å². The van der Waals surface area contributed by atoms with Gasteiger partial charge in [-0.15, -0.1) is 0 Å². The fraction of sp³-hybridized carbons (Fsp3) is 0.462. The van der Waals surface area contributed by atoms with Crippen LogP contribution in [-0.4, -0.2) is 19.0 Å². The number of carbonyl (C=O) groups is 1. The Labute approximate surface area is 94.4 Å². The standard InChI is InChI=1S/C13H14O3/c14-8-10-5-3-9-4-6-12-11(13(9)16-10)2-1-7-15-12/h4,6,8,10H,1-3,5,7H2. The van der Waals surface area contributed by atoms with Crippen molar-refractivity contribution in [1.82, 2.24) is 0 Å². The Morgan fingerprint density at radius 3 is 3.12 bits per heavy atom. The van der Waals surface area contributed by atoms with Gasteiger partial charge in [-0.3, -0.25) is 4.79 Å². The lowest BCUT2D eigenvalue weighted by atomic mass is 9.96. The first kappa shape index (κ1) is 9.70. The van der Waals surface area contributed by atoms with Gasteiger partial charge in [0, 0.05) is 5.56 Å². The molecular formula is C13H14O3. The van der Waals surface area contributed by atoms with Crippen molar-refractivity contribution in [1.29, 1.82) is 0 Å². The third-order valence-electron chi connectivity index (χ3n) is 3.25. The fourth-order valence-electron chi connectivity index (χ4n) is 2.41. The number of aldehydes is 1. The molecule has 16 heavy (non-hydrogen) atoms. The molecular weight excluding hydrogens is 204 g/mol. The Morgan fingerprint density at radius 1 is 1.31 bits per heavy atom. The maximum Gasteiger partial charge on any atom is 0.160 e. The number of hydrogen-bond donors (Lipinski definition) is 0. The largest absolute Gasteiger partial charge is 0.493 e. The molecule has 0 saturated carbocycles. The van der Waals surface area contributed by atoms with Crippen molar-refractivity contribution in [3.8, 4) is 11.5 Å². The molecule has 0 bridgehead atoms. The molecule has 1 atom stereocenters. The summed E-state index contributed by atoms with van der Waals surface area (Å²) in [6.07, 6.45) is 4.34.